The number of alkyl halides is 1. The van der Waals surface area contributed by atoms with E-state index in [-0.39, 0.29) is 18.5 Å². The molecule has 0 aromatic rings. The van der Waals surface area contributed by atoms with Crippen LogP contribution in [0.4, 0.5) is 4.39 Å². The highest BCUT2D eigenvalue weighted by Crippen LogP contribution is 2.37. The Labute approximate surface area is 144 Å². The molecule has 2 saturated heterocycles. The molecule has 2 heterocycles. The van der Waals surface area contributed by atoms with E-state index in [2.05, 4.69) is 6.58 Å². The molecule has 0 aliphatic carbocycles. The topological polar surface area (TPSA) is 44.8 Å². The van der Waals surface area contributed by atoms with Gasteiger partial charge >= 0.3 is 5.97 Å². The molecule has 0 N–H and O–H groups in total. The molecule has 2 aliphatic heterocycles. The van der Waals surface area contributed by atoms with Crippen molar-refractivity contribution < 1.29 is 23.4 Å². The molecule has 0 radical (unpaired) electrons. The molecule has 2 aliphatic rings. The number of carbonyl (C=O) groups is 1. The van der Waals surface area contributed by atoms with E-state index >= 15 is 4.39 Å². The lowest BCUT2D eigenvalue weighted by Gasteiger charge is -2.47. The third kappa shape index (κ3) is 5.02. The summed E-state index contributed by atoms with van der Waals surface area (Å²) in [5, 5.41) is 0. The molecular weight excluding hydrogens is 311 g/mol. The van der Waals surface area contributed by atoms with Crippen LogP contribution in [0.25, 0.3) is 0 Å². The summed E-state index contributed by atoms with van der Waals surface area (Å²) in [5.74, 6) is -1.26. The van der Waals surface area contributed by atoms with Crippen molar-refractivity contribution in [3.8, 4) is 0 Å². The predicted octanol–water partition coefficient (Wildman–Crippen LogP) is 4.26. The fourth-order valence-corrected chi connectivity index (χ4v) is 2.89. The lowest BCUT2D eigenvalue weighted by atomic mass is 9.92. The monoisotopic (exact) mass is 340 g/mol. The molecule has 0 aromatic heterocycles. The number of allylic oxidation sites excluding steroid dienone is 4. The maximum atomic E-state index is 15.0. The highest BCUT2D eigenvalue weighted by molar-refractivity contribution is 5.70. The number of esters is 1. The van der Waals surface area contributed by atoms with Crippen molar-refractivity contribution in [2.75, 3.05) is 0 Å². The number of hydrogen-bond donors (Lipinski definition) is 0. The first-order chi connectivity index (χ1) is 11.4. The molecule has 2 fully saturated rings. The van der Waals surface area contributed by atoms with Crippen LogP contribution < -0.4 is 0 Å². The predicted molar refractivity (Wildman–Crippen MR) is 92.3 cm³/mol. The number of rotatable bonds is 4. The molecule has 0 bridgehead atoms. The third-order valence-corrected chi connectivity index (χ3v) is 3.72. The van der Waals surface area contributed by atoms with Gasteiger partial charge < -0.3 is 14.2 Å². The lowest BCUT2D eigenvalue weighted by Crippen LogP contribution is -2.60. The van der Waals surface area contributed by atoms with Crippen LogP contribution in [0, 0.1) is 0 Å². The van der Waals surface area contributed by atoms with Gasteiger partial charge in [-0.25, -0.2) is 4.39 Å². The fraction of sp³-hybridized carbons (Fsp3) is 0.632. The maximum Gasteiger partial charge on any atom is 0.306 e. The molecule has 0 amide bonds. The van der Waals surface area contributed by atoms with Crippen LogP contribution in [0.5, 0.6) is 0 Å². The van der Waals surface area contributed by atoms with Gasteiger partial charge in [0, 0.05) is 6.42 Å². The van der Waals surface area contributed by atoms with Crippen molar-refractivity contribution in [3.63, 3.8) is 0 Å². The van der Waals surface area contributed by atoms with E-state index in [9.17, 15) is 4.79 Å². The Hall–Kier alpha value is -1.46. The minimum absolute atomic E-state index is 0.283. The molecule has 136 valence electrons. The Morgan fingerprint density at radius 3 is 2.62 bits per heavy atom. The summed E-state index contributed by atoms with van der Waals surface area (Å²) in [4.78, 5) is 11.6. The number of halogens is 1. The van der Waals surface area contributed by atoms with Gasteiger partial charge in [0.05, 0.1) is 0 Å². The first-order valence-corrected chi connectivity index (χ1v) is 8.52. The van der Waals surface area contributed by atoms with E-state index in [1.807, 2.05) is 20.8 Å². The van der Waals surface area contributed by atoms with Crippen LogP contribution >= 0.6 is 0 Å². The molecule has 24 heavy (non-hydrogen) atoms. The van der Waals surface area contributed by atoms with Gasteiger partial charge in [-0.3, -0.25) is 4.79 Å². The van der Waals surface area contributed by atoms with E-state index < -0.39 is 24.2 Å². The molecule has 0 spiro atoms. The summed E-state index contributed by atoms with van der Waals surface area (Å²) in [6.07, 6.45) is 3.91. The van der Waals surface area contributed by atoms with Crippen molar-refractivity contribution in [2.45, 2.75) is 77.7 Å². The second-order valence-corrected chi connectivity index (χ2v) is 5.94. The minimum atomic E-state index is -1.43. The van der Waals surface area contributed by atoms with Gasteiger partial charge in [-0.05, 0) is 32.8 Å². The van der Waals surface area contributed by atoms with Crippen molar-refractivity contribution in [3.05, 3.63) is 36.5 Å². The fourth-order valence-electron chi connectivity index (χ4n) is 2.89. The van der Waals surface area contributed by atoms with Crippen LogP contribution in [0.2, 0.25) is 0 Å². The molecule has 4 nitrogen and oxygen atoms in total. The van der Waals surface area contributed by atoms with Crippen LogP contribution in [0.1, 0.15) is 47.5 Å². The lowest BCUT2D eigenvalue weighted by molar-refractivity contribution is -0.345. The first kappa shape index (κ1) is 20.6. The molecule has 0 saturated carbocycles. The smallest absolute Gasteiger partial charge is 0.306 e. The van der Waals surface area contributed by atoms with Gasteiger partial charge in [0.2, 0.25) is 0 Å². The quantitative estimate of drug-likeness (QED) is 0.566. The highest BCUT2D eigenvalue weighted by atomic mass is 19.1. The zero-order valence-electron chi connectivity index (χ0n) is 15.3. The summed E-state index contributed by atoms with van der Waals surface area (Å²) in [5.41, 5.74) is 0.431. The molecule has 0 aromatic carbocycles. The Morgan fingerprint density at radius 1 is 1.38 bits per heavy atom. The highest BCUT2D eigenvalue weighted by Gasteiger charge is 2.50. The summed E-state index contributed by atoms with van der Waals surface area (Å²) in [7, 11) is 0. The zero-order valence-corrected chi connectivity index (χ0v) is 15.3. The second kappa shape index (κ2) is 9.14. The Kier molecular flexibility index (Phi) is 7.84. The van der Waals surface area contributed by atoms with Gasteiger partial charge in [-0.15, -0.1) is 0 Å². The molecule has 4 unspecified atom stereocenters. The summed E-state index contributed by atoms with van der Waals surface area (Å²) in [6.45, 7) is 12.9. The summed E-state index contributed by atoms with van der Waals surface area (Å²) < 4.78 is 31.9. The van der Waals surface area contributed by atoms with Crippen molar-refractivity contribution in [2.24, 2.45) is 0 Å². The number of hydrogen-bond acceptors (Lipinski definition) is 4. The molecular formula is C19H29FO4. The van der Waals surface area contributed by atoms with Crippen LogP contribution in [-0.2, 0) is 19.0 Å². The van der Waals surface area contributed by atoms with E-state index in [4.69, 9.17) is 14.2 Å². The minimum Gasteiger partial charge on any atom is -0.457 e. The SMILES string of the molecule is C=C/C=C(\C=C/C)C(F)C1OC(C)(C)OC2CCC(=O)OC21.CC. The maximum absolute atomic E-state index is 15.0. The summed E-state index contributed by atoms with van der Waals surface area (Å²) in [6, 6.07) is 0. The Bertz CT molecular complexity index is 496. The van der Waals surface area contributed by atoms with Crippen LogP contribution in [-0.4, -0.2) is 36.2 Å². The van der Waals surface area contributed by atoms with E-state index in [1.165, 1.54) is 6.08 Å². The van der Waals surface area contributed by atoms with E-state index in [1.54, 1.807) is 32.1 Å². The van der Waals surface area contributed by atoms with Crippen molar-refractivity contribution >= 4 is 5.97 Å². The number of carbonyl (C=O) groups excluding carboxylic acids is 1. The molecule has 4 atom stereocenters. The normalized spacial score (nSPS) is 30.7. The second-order valence-electron chi connectivity index (χ2n) is 5.94. The van der Waals surface area contributed by atoms with Crippen LogP contribution in [0.3, 0.4) is 0 Å². The van der Waals surface area contributed by atoms with Gasteiger partial charge in [0.1, 0.15) is 12.2 Å². The van der Waals surface area contributed by atoms with Gasteiger partial charge in [-0.1, -0.05) is 44.7 Å². The molecule has 5 heteroatoms. The van der Waals surface area contributed by atoms with Crippen molar-refractivity contribution in [1.82, 2.24) is 0 Å². The third-order valence-electron chi connectivity index (χ3n) is 3.72. The Balaban J connectivity index is 0.00000139. The molecule has 2 rings (SSSR count). The summed E-state index contributed by atoms with van der Waals surface area (Å²) >= 11 is 0. The average molecular weight is 340 g/mol. The average Bonchev–Trinajstić information content (AvgIpc) is 2.55. The number of ether oxygens (including phenoxy) is 3. The van der Waals surface area contributed by atoms with Crippen LogP contribution in [0.15, 0.2) is 36.5 Å². The Morgan fingerprint density at radius 2 is 2.04 bits per heavy atom. The van der Waals surface area contributed by atoms with E-state index in [0.29, 0.717) is 12.0 Å². The van der Waals surface area contributed by atoms with E-state index in [0.717, 1.165) is 0 Å². The zero-order chi connectivity index (χ0) is 18.3. The largest absolute Gasteiger partial charge is 0.457 e. The van der Waals surface area contributed by atoms with Gasteiger partial charge in [0.15, 0.2) is 18.1 Å². The van der Waals surface area contributed by atoms with Gasteiger partial charge in [0.25, 0.3) is 0 Å². The standard InChI is InChI=1S/C17H23FO4.C2H6/c1-5-7-11(8-6-2)14(18)16-15-12(9-10-13(19)20-15)21-17(3,4)22-16;1-2/h5-8,12,14-16H,1,9-10H2,2-4H3;1-2H3/b8-6-,11-7+;. The van der Waals surface area contributed by atoms with Gasteiger partial charge in [-0.2, -0.15) is 0 Å². The first-order valence-electron chi connectivity index (χ1n) is 8.52. The number of fused-ring (bicyclic) bond motifs is 1. The van der Waals surface area contributed by atoms with Crippen molar-refractivity contribution in [1.29, 1.82) is 0 Å².